The molecule has 0 aliphatic carbocycles. The molecule has 2 aromatic carbocycles. The van der Waals surface area contributed by atoms with Crippen LogP contribution in [0, 0.1) is 6.92 Å². The molecule has 3 aromatic rings. The Morgan fingerprint density at radius 3 is 2.42 bits per heavy atom. The lowest BCUT2D eigenvalue weighted by Crippen LogP contribution is -2.32. The van der Waals surface area contributed by atoms with Crippen LogP contribution in [0.3, 0.4) is 0 Å². The van der Waals surface area contributed by atoms with E-state index in [-0.39, 0.29) is 24.1 Å². The highest BCUT2D eigenvalue weighted by Gasteiger charge is 2.25. The highest BCUT2D eigenvalue weighted by molar-refractivity contribution is 5.83. The summed E-state index contributed by atoms with van der Waals surface area (Å²) in [6, 6.07) is 16.6. The number of benzene rings is 2. The van der Waals surface area contributed by atoms with Gasteiger partial charge in [-0.25, -0.2) is 0 Å². The Morgan fingerprint density at radius 2 is 1.81 bits per heavy atom. The summed E-state index contributed by atoms with van der Waals surface area (Å²) in [5.74, 6) is 0.731. The molecule has 0 bridgehead atoms. The summed E-state index contributed by atoms with van der Waals surface area (Å²) in [6.45, 7) is 1.98. The van der Waals surface area contributed by atoms with E-state index in [1.165, 1.54) is 0 Å². The fraction of sp³-hybridized carbons (Fsp3) is 0.250. The second kappa shape index (κ2) is 7.82. The minimum absolute atomic E-state index is 0.0277. The summed E-state index contributed by atoms with van der Waals surface area (Å²) in [6.07, 6.45) is 0.538. The molecule has 1 aromatic heterocycles. The van der Waals surface area contributed by atoms with Crippen molar-refractivity contribution in [2.75, 3.05) is 7.05 Å². The molecule has 3 rings (SSSR count). The zero-order valence-electron chi connectivity index (χ0n) is 14.8. The van der Waals surface area contributed by atoms with Crippen molar-refractivity contribution in [2.24, 2.45) is 0 Å². The van der Waals surface area contributed by atoms with Gasteiger partial charge in [0.05, 0.1) is 12.5 Å². The van der Waals surface area contributed by atoms with E-state index in [1.54, 1.807) is 31.0 Å². The number of hydrogen-bond acceptors (Lipinski definition) is 5. The van der Waals surface area contributed by atoms with E-state index in [0.29, 0.717) is 18.2 Å². The van der Waals surface area contributed by atoms with E-state index in [4.69, 9.17) is 4.42 Å². The average molecular weight is 351 g/mol. The van der Waals surface area contributed by atoms with Crippen LogP contribution in [0.5, 0.6) is 5.75 Å². The van der Waals surface area contributed by atoms with Gasteiger partial charge in [0.2, 0.25) is 17.7 Å². The number of aromatic hydroxyl groups is 1. The molecule has 0 fully saturated rings. The third kappa shape index (κ3) is 4.27. The molecular weight excluding hydrogens is 330 g/mol. The lowest BCUT2D eigenvalue weighted by atomic mass is 9.90. The lowest BCUT2D eigenvalue weighted by molar-refractivity contribution is -0.132. The Bertz CT molecular complexity index is 860. The van der Waals surface area contributed by atoms with Gasteiger partial charge < -0.3 is 14.4 Å². The first-order valence-corrected chi connectivity index (χ1v) is 8.39. The van der Waals surface area contributed by atoms with Crippen LogP contribution in [-0.4, -0.2) is 33.2 Å². The summed E-state index contributed by atoms with van der Waals surface area (Å²) in [5.41, 5.74) is 1.92. The summed E-state index contributed by atoms with van der Waals surface area (Å²) in [4.78, 5) is 14.7. The number of nitrogens with zero attached hydrogens (tertiary/aromatic N) is 3. The van der Waals surface area contributed by atoms with Crippen molar-refractivity contribution in [1.29, 1.82) is 0 Å². The smallest absolute Gasteiger partial charge is 0.235 e. The highest BCUT2D eigenvalue weighted by Crippen LogP contribution is 2.24. The topological polar surface area (TPSA) is 79.5 Å². The first-order chi connectivity index (χ1) is 12.5. The molecule has 6 heteroatoms. The van der Waals surface area contributed by atoms with Crippen LogP contribution >= 0.6 is 0 Å². The third-order valence-corrected chi connectivity index (χ3v) is 4.19. The molecule has 1 atom stereocenters. The molecule has 0 saturated heterocycles. The number of carbonyl (C=O) groups is 1. The van der Waals surface area contributed by atoms with Crippen molar-refractivity contribution >= 4 is 5.91 Å². The van der Waals surface area contributed by atoms with Gasteiger partial charge >= 0.3 is 0 Å². The van der Waals surface area contributed by atoms with Gasteiger partial charge in [0.15, 0.2) is 0 Å². The second-order valence-electron chi connectivity index (χ2n) is 6.24. The Hall–Kier alpha value is -3.15. The molecule has 26 heavy (non-hydrogen) atoms. The maximum Gasteiger partial charge on any atom is 0.235 e. The number of aromatic nitrogens is 2. The molecule has 0 spiro atoms. The Kier molecular flexibility index (Phi) is 5.31. The quantitative estimate of drug-likeness (QED) is 0.738. The summed E-state index contributed by atoms with van der Waals surface area (Å²) in [7, 11) is 1.73. The molecular formula is C20H21N3O3. The molecule has 0 radical (unpaired) electrons. The van der Waals surface area contributed by atoms with E-state index in [2.05, 4.69) is 10.2 Å². The van der Waals surface area contributed by atoms with E-state index in [0.717, 1.165) is 11.1 Å². The van der Waals surface area contributed by atoms with Gasteiger partial charge in [-0.1, -0.05) is 42.5 Å². The molecule has 134 valence electrons. The molecule has 0 saturated carbocycles. The SMILES string of the molecule is Cc1nnc(CN(C)C(=O)C(Cc2ccc(O)cc2)c2ccccc2)o1. The zero-order valence-corrected chi connectivity index (χ0v) is 14.8. The van der Waals surface area contributed by atoms with E-state index >= 15 is 0 Å². The molecule has 1 unspecified atom stereocenters. The Labute approximate surface area is 152 Å². The van der Waals surface area contributed by atoms with Crippen LogP contribution in [0.1, 0.15) is 28.8 Å². The van der Waals surface area contributed by atoms with Crippen LogP contribution in [0.15, 0.2) is 59.0 Å². The Balaban J connectivity index is 1.82. The van der Waals surface area contributed by atoms with Crippen molar-refractivity contribution in [1.82, 2.24) is 15.1 Å². The number of carbonyl (C=O) groups excluding carboxylic acids is 1. The van der Waals surface area contributed by atoms with Gasteiger partial charge in [0.1, 0.15) is 5.75 Å². The summed E-state index contributed by atoms with van der Waals surface area (Å²) < 4.78 is 5.38. The van der Waals surface area contributed by atoms with Crippen LogP contribution in [0.25, 0.3) is 0 Å². The summed E-state index contributed by atoms with van der Waals surface area (Å²) >= 11 is 0. The standard InChI is InChI=1S/C20H21N3O3/c1-14-21-22-19(26-14)13-23(2)20(25)18(16-6-4-3-5-7-16)12-15-8-10-17(24)11-9-15/h3-11,18,24H,12-13H2,1-2H3. The number of phenolic OH excluding ortho intramolecular Hbond substituents is 1. The molecule has 0 aliphatic rings. The summed E-state index contributed by atoms with van der Waals surface area (Å²) in [5, 5.41) is 17.2. The van der Waals surface area contributed by atoms with E-state index in [9.17, 15) is 9.90 Å². The van der Waals surface area contributed by atoms with Gasteiger partial charge in [-0.05, 0) is 29.7 Å². The van der Waals surface area contributed by atoms with Crippen LogP contribution in [0.2, 0.25) is 0 Å². The van der Waals surface area contributed by atoms with Gasteiger partial charge in [0.25, 0.3) is 0 Å². The van der Waals surface area contributed by atoms with Crippen LogP contribution in [0.4, 0.5) is 0 Å². The third-order valence-electron chi connectivity index (χ3n) is 4.19. The largest absolute Gasteiger partial charge is 0.508 e. The molecule has 1 N–H and O–H groups in total. The fourth-order valence-corrected chi connectivity index (χ4v) is 2.85. The Morgan fingerprint density at radius 1 is 1.12 bits per heavy atom. The monoisotopic (exact) mass is 351 g/mol. The minimum Gasteiger partial charge on any atom is -0.508 e. The number of likely N-dealkylation sites (N-methyl/N-ethyl adjacent to an activating group) is 1. The van der Waals surface area contributed by atoms with E-state index < -0.39 is 0 Å². The van der Waals surface area contributed by atoms with E-state index in [1.807, 2.05) is 42.5 Å². The van der Waals surface area contributed by atoms with Gasteiger partial charge in [-0.3, -0.25) is 4.79 Å². The molecule has 1 heterocycles. The molecule has 0 aliphatic heterocycles. The first kappa shape index (κ1) is 17.7. The number of rotatable bonds is 6. The van der Waals surface area contributed by atoms with Gasteiger partial charge in [0, 0.05) is 14.0 Å². The number of amides is 1. The van der Waals surface area contributed by atoms with Gasteiger partial charge in [-0.2, -0.15) is 0 Å². The maximum atomic E-state index is 13.1. The number of aryl methyl sites for hydroxylation is 1. The number of hydrogen-bond donors (Lipinski definition) is 1. The maximum absolute atomic E-state index is 13.1. The number of phenols is 1. The average Bonchev–Trinajstić information content (AvgIpc) is 3.06. The predicted octanol–water partition coefficient (Wildman–Crippen LogP) is 3.07. The fourth-order valence-electron chi connectivity index (χ4n) is 2.85. The second-order valence-corrected chi connectivity index (χ2v) is 6.24. The highest BCUT2D eigenvalue weighted by atomic mass is 16.4. The first-order valence-electron chi connectivity index (χ1n) is 8.39. The van der Waals surface area contributed by atoms with Crippen molar-refractivity contribution in [3.8, 4) is 5.75 Å². The van der Waals surface area contributed by atoms with Crippen molar-refractivity contribution in [2.45, 2.75) is 25.8 Å². The molecule has 6 nitrogen and oxygen atoms in total. The normalized spacial score (nSPS) is 11.9. The molecule has 1 amide bonds. The van der Waals surface area contributed by atoms with Gasteiger partial charge in [-0.15, -0.1) is 10.2 Å². The predicted molar refractivity (Wildman–Crippen MR) is 96.5 cm³/mol. The van der Waals surface area contributed by atoms with Crippen LogP contribution < -0.4 is 0 Å². The van der Waals surface area contributed by atoms with Crippen LogP contribution in [-0.2, 0) is 17.8 Å². The zero-order chi connectivity index (χ0) is 18.5. The minimum atomic E-state index is -0.338. The van der Waals surface area contributed by atoms with Crippen molar-refractivity contribution in [3.63, 3.8) is 0 Å². The lowest BCUT2D eigenvalue weighted by Gasteiger charge is -2.23. The van der Waals surface area contributed by atoms with Crippen molar-refractivity contribution in [3.05, 3.63) is 77.5 Å². The van der Waals surface area contributed by atoms with Crippen molar-refractivity contribution < 1.29 is 14.3 Å².